The number of alkyl halides is 1. The van der Waals surface area contributed by atoms with E-state index in [9.17, 15) is 4.39 Å². The molecule has 1 heterocycles. The summed E-state index contributed by atoms with van der Waals surface area (Å²) in [6.45, 7) is 0. The van der Waals surface area contributed by atoms with Gasteiger partial charge in [0, 0.05) is 5.38 Å². The second-order valence-electron chi connectivity index (χ2n) is 2.83. The van der Waals surface area contributed by atoms with Gasteiger partial charge in [-0.05, 0) is 17.7 Å². The lowest BCUT2D eigenvalue weighted by atomic mass is 10.1. The summed E-state index contributed by atoms with van der Waals surface area (Å²) in [4.78, 5) is 4.11. The van der Waals surface area contributed by atoms with E-state index >= 15 is 0 Å². The molecule has 0 radical (unpaired) electrons. The number of aromatic nitrogens is 1. The van der Waals surface area contributed by atoms with Crippen LogP contribution in [0, 0.1) is 5.82 Å². The molecule has 1 aromatic carbocycles. The summed E-state index contributed by atoms with van der Waals surface area (Å²) in [5.74, 6) is -0.254. The fourth-order valence-electron chi connectivity index (χ4n) is 1.15. The molecule has 0 aliphatic heterocycles. The van der Waals surface area contributed by atoms with Crippen LogP contribution in [-0.2, 0) is 0 Å². The average Bonchev–Trinajstić information content (AvgIpc) is 2.71. The number of nitrogens with zero attached hydrogens (tertiary/aromatic N) is 1. The maximum absolute atomic E-state index is 12.6. The summed E-state index contributed by atoms with van der Waals surface area (Å²) in [7, 11) is 0. The molecule has 0 aliphatic carbocycles. The van der Waals surface area contributed by atoms with Crippen LogP contribution >= 0.6 is 22.9 Å². The van der Waals surface area contributed by atoms with Crippen molar-refractivity contribution >= 4 is 22.9 Å². The molecule has 1 unspecified atom stereocenters. The highest BCUT2D eigenvalue weighted by Gasteiger charge is 2.11. The standard InChI is InChI=1S/C10H7ClFNS/c11-10(9-5-14-6-13-9)7-1-3-8(12)4-2-7/h1-6,10H. The summed E-state index contributed by atoms with van der Waals surface area (Å²) in [6, 6.07) is 6.15. The Labute approximate surface area is 90.2 Å². The van der Waals surface area contributed by atoms with Crippen LogP contribution in [0.4, 0.5) is 4.39 Å². The summed E-state index contributed by atoms with van der Waals surface area (Å²) < 4.78 is 12.6. The van der Waals surface area contributed by atoms with E-state index in [4.69, 9.17) is 11.6 Å². The molecule has 0 amide bonds. The largest absolute Gasteiger partial charge is 0.248 e. The van der Waals surface area contributed by atoms with E-state index in [1.807, 2.05) is 5.38 Å². The van der Waals surface area contributed by atoms with Gasteiger partial charge >= 0.3 is 0 Å². The third-order valence-corrected chi connectivity index (χ3v) is 2.95. The van der Waals surface area contributed by atoms with Gasteiger partial charge in [0.2, 0.25) is 0 Å². The minimum Gasteiger partial charge on any atom is -0.248 e. The van der Waals surface area contributed by atoms with Crippen molar-refractivity contribution in [2.24, 2.45) is 0 Å². The van der Waals surface area contributed by atoms with Crippen LogP contribution in [0.5, 0.6) is 0 Å². The van der Waals surface area contributed by atoms with Crippen LogP contribution in [0.2, 0.25) is 0 Å². The molecule has 4 heteroatoms. The molecular formula is C10H7ClFNS. The van der Waals surface area contributed by atoms with Crippen LogP contribution in [0.25, 0.3) is 0 Å². The molecule has 0 N–H and O–H groups in total. The first-order chi connectivity index (χ1) is 6.77. The van der Waals surface area contributed by atoms with Crippen LogP contribution in [0.1, 0.15) is 16.6 Å². The van der Waals surface area contributed by atoms with Gasteiger partial charge in [0.25, 0.3) is 0 Å². The highest BCUT2D eigenvalue weighted by atomic mass is 35.5. The average molecular weight is 228 g/mol. The highest BCUT2D eigenvalue weighted by Crippen LogP contribution is 2.28. The van der Waals surface area contributed by atoms with E-state index in [0.29, 0.717) is 0 Å². The second kappa shape index (κ2) is 4.07. The van der Waals surface area contributed by atoms with E-state index in [2.05, 4.69) is 4.98 Å². The van der Waals surface area contributed by atoms with E-state index in [1.165, 1.54) is 23.5 Å². The Kier molecular flexibility index (Phi) is 2.79. The number of benzene rings is 1. The minimum atomic E-state index is -0.290. The Morgan fingerprint density at radius 1 is 1.29 bits per heavy atom. The van der Waals surface area contributed by atoms with E-state index < -0.39 is 0 Å². The Bertz CT molecular complexity index is 399. The van der Waals surface area contributed by atoms with E-state index in [0.717, 1.165) is 11.3 Å². The van der Waals surface area contributed by atoms with Gasteiger partial charge in [-0.1, -0.05) is 12.1 Å². The monoisotopic (exact) mass is 227 g/mol. The highest BCUT2D eigenvalue weighted by molar-refractivity contribution is 7.07. The molecule has 2 rings (SSSR count). The second-order valence-corrected chi connectivity index (χ2v) is 3.98. The van der Waals surface area contributed by atoms with Gasteiger partial charge in [-0.15, -0.1) is 22.9 Å². The molecular weight excluding hydrogens is 221 g/mol. The third-order valence-electron chi connectivity index (χ3n) is 1.87. The lowest BCUT2D eigenvalue weighted by Gasteiger charge is -2.05. The topological polar surface area (TPSA) is 12.9 Å². The normalized spacial score (nSPS) is 12.7. The fraction of sp³-hybridized carbons (Fsp3) is 0.100. The van der Waals surface area contributed by atoms with Gasteiger partial charge in [0.15, 0.2) is 0 Å². The summed E-state index contributed by atoms with van der Waals surface area (Å²) in [5.41, 5.74) is 3.40. The molecule has 14 heavy (non-hydrogen) atoms. The van der Waals surface area contributed by atoms with Crippen molar-refractivity contribution in [2.45, 2.75) is 5.38 Å². The maximum Gasteiger partial charge on any atom is 0.123 e. The SMILES string of the molecule is Fc1ccc(C(Cl)c2cscn2)cc1. The Balaban J connectivity index is 2.28. The fourth-order valence-corrected chi connectivity index (χ4v) is 2.07. The Hall–Kier alpha value is -0.930. The molecule has 1 aromatic heterocycles. The molecule has 1 nitrogen and oxygen atoms in total. The summed E-state index contributed by atoms with van der Waals surface area (Å²) in [5, 5.41) is 1.60. The lowest BCUT2D eigenvalue weighted by Crippen LogP contribution is -1.93. The van der Waals surface area contributed by atoms with Crippen molar-refractivity contribution < 1.29 is 4.39 Å². The molecule has 0 fully saturated rings. The van der Waals surface area contributed by atoms with Gasteiger partial charge in [-0.25, -0.2) is 9.37 Å². The first-order valence-corrected chi connectivity index (χ1v) is 5.43. The zero-order valence-electron chi connectivity index (χ0n) is 7.15. The van der Waals surface area contributed by atoms with Gasteiger partial charge in [0.05, 0.1) is 11.2 Å². The van der Waals surface area contributed by atoms with Gasteiger partial charge < -0.3 is 0 Å². The van der Waals surface area contributed by atoms with Crippen LogP contribution in [0.3, 0.4) is 0 Å². The summed E-state index contributed by atoms with van der Waals surface area (Å²) >= 11 is 7.64. The summed E-state index contributed by atoms with van der Waals surface area (Å²) in [6.07, 6.45) is 0. The van der Waals surface area contributed by atoms with Crippen LogP contribution in [-0.4, -0.2) is 4.98 Å². The number of rotatable bonds is 2. The Morgan fingerprint density at radius 3 is 2.57 bits per heavy atom. The van der Waals surface area contributed by atoms with Crippen molar-refractivity contribution in [3.8, 4) is 0 Å². The molecule has 1 atom stereocenters. The van der Waals surface area contributed by atoms with Crippen molar-refractivity contribution in [1.29, 1.82) is 0 Å². The zero-order chi connectivity index (χ0) is 9.97. The van der Waals surface area contributed by atoms with E-state index in [1.54, 1.807) is 17.6 Å². The van der Waals surface area contributed by atoms with Gasteiger partial charge in [0.1, 0.15) is 11.2 Å². The first-order valence-electron chi connectivity index (χ1n) is 4.05. The van der Waals surface area contributed by atoms with Gasteiger partial charge in [-0.3, -0.25) is 0 Å². The number of hydrogen-bond acceptors (Lipinski definition) is 2. The molecule has 2 aromatic rings. The first kappa shape index (κ1) is 9.62. The van der Waals surface area contributed by atoms with Crippen molar-refractivity contribution in [3.05, 3.63) is 52.2 Å². The predicted molar refractivity (Wildman–Crippen MR) is 56.2 cm³/mol. The molecule has 0 bridgehead atoms. The predicted octanol–water partition coefficient (Wildman–Crippen LogP) is 3.61. The zero-order valence-corrected chi connectivity index (χ0v) is 8.73. The van der Waals surface area contributed by atoms with Crippen molar-refractivity contribution in [1.82, 2.24) is 4.98 Å². The van der Waals surface area contributed by atoms with Crippen LogP contribution in [0.15, 0.2) is 35.2 Å². The number of hydrogen-bond donors (Lipinski definition) is 0. The molecule has 0 saturated carbocycles. The Morgan fingerprint density at radius 2 is 2.00 bits per heavy atom. The third kappa shape index (κ3) is 1.94. The van der Waals surface area contributed by atoms with Crippen LogP contribution < -0.4 is 0 Å². The molecule has 0 saturated heterocycles. The number of halogens is 2. The van der Waals surface area contributed by atoms with E-state index in [-0.39, 0.29) is 11.2 Å². The quantitative estimate of drug-likeness (QED) is 0.715. The van der Waals surface area contributed by atoms with Crippen molar-refractivity contribution in [2.75, 3.05) is 0 Å². The minimum absolute atomic E-state index is 0.254. The van der Waals surface area contributed by atoms with Gasteiger partial charge in [-0.2, -0.15) is 0 Å². The lowest BCUT2D eigenvalue weighted by molar-refractivity contribution is 0.627. The smallest absolute Gasteiger partial charge is 0.123 e. The molecule has 72 valence electrons. The molecule has 0 spiro atoms. The van der Waals surface area contributed by atoms with Crippen molar-refractivity contribution in [3.63, 3.8) is 0 Å². The maximum atomic E-state index is 12.6. The number of thiazole rings is 1. The molecule has 0 aliphatic rings.